The molecule has 0 bridgehead atoms. The van der Waals surface area contributed by atoms with Crippen molar-refractivity contribution < 1.29 is 5.21 Å². The Morgan fingerprint density at radius 1 is 1.40 bits per heavy atom. The molecular formula is C11H23N3O. The summed E-state index contributed by atoms with van der Waals surface area (Å²) in [6, 6.07) is 0.0453. The molecule has 1 rings (SSSR count). The fraction of sp³-hybridized carbons (Fsp3) is 0.909. The van der Waals surface area contributed by atoms with Crippen molar-refractivity contribution in [3.8, 4) is 0 Å². The van der Waals surface area contributed by atoms with Crippen molar-refractivity contribution in [3.05, 3.63) is 0 Å². The second-order valence-electron chi connectivity index (χ2n) is 5.25. The van der Waals surface area contributed by atoms with Crippen LogP contribution in [-0.2, 0) is 0 Å². The van der Waals surface area contributed by atoms with Crippen LogP contribution in [0, 0.1) is 5.41 Å². The van der Waals surface area contributed by atoms with Gasteiger partial charge in [0.05, 0.1) is 6.04 Å². The summed E-state index contributed by atoms with van der Waals surface area (Å²) in [6.07, 6.45) is 3.62. The standard InChI is InChI=1S/C11H23N3O/c1-9(10(12)13-15)14-7-4-5-11(2,3)6-8-14/h9,15H,4-8H2,1-3H3,(H2,12,13). The lowest BCUT2D eigenvalue weighted by Gasteiger charge is -2.27. The van der Waals surface area contributed by atoms with E-state index < -0.39 is 0 Å². The van der Waals surface area contributed by atoms with Crippen molar-refractivity contribution in [2.75, 3.05) is 13.1 Å². The summed E-state index contributed by atoms with van der Waals surface area (Å²) >= 11 is 0. The Labute approximate surface area is 92.1 Å². The second-order valence-corrected chi connectivity index (χ2v) is 5.25. The molecule has 1 aliphatic rings. The molecule has 0 amide bonds. The fourth-order valence-electron chi connectivity index (χ4n) is 2.10. The molecule has 4 heteroatoms. The van der Waals surface area contributed by atoms with E-state index in [1.165, 1.54) is 19.3 Å². The highest BCUT2D eigenvalue weighted by atomic mass is 16.4. The van der Waals surface area contributed by atoms with E-state index in [4.69, 9.17) is 10.9 Å². The number of amidine groups is 1. The van der Waals surface area contributed by atoms with Gasteiger partial charge in [-0.2, -0.15) is 0 Å². The maximum absolute atomic E-state index is 8.65. The van der Waals surface area contributed by atoms with Crippen molar-refractivity contribution in [2.24, 2.45) is 16.3 Å². The minimum Gasteiger partial charge on any atom is -0.409 e. The quantitative estimate of drug-likeness (QED) is 0.317. The Kier molecular flexibility index (Phi) is 3.97. The second kappa shape index (κ2) is 4.84. The van der Waals surface area contributed by atoms with Crippen molar-refractivity contribution in [1.29, 1.82) is 0 Å². The van der Waals surface area contributed by atoms with Gasteiger partial charge in [-0.3, -0.25) is 4.90 Å². The van der Waals surface area contributed by atoms with Crippen LogP contribution in [0.2, 0.25) is 0 Å². The van der Waals surface area contributed by atoms with E-state index in [2.05, 4.69) is 23.9 Å². The summed E-state index contributed by atoms with van der Waals surface area (Å²) in [6.45, 7) is 8.69. The highest BCUT2D eigenvalue weighted by molar-refractivity contribution is 5.84. The van der Waals surface area contributed by atoms with Crippen LogP contribution in [0.25, 0.3) is 0 Å². The first-order chi connectivity index (χ1) is 6.96. The zero-order valence-corrected chi connectivity index (χ0v) is 10.0. The fourth-order valence-corrected chi connectivity index (χ4v) is 2.10. The smallest absolute Gasteiger partial charge is 0.156 e. The molecule has 1 fully saturated rings. The molecule has 1 aliphatic heterocycles. The first-order valence-electron chi connectivity index (χ1n) is 5.68. The van der Waals surface area contributed by atoms with Gasteiger partial charge < -0.3 is 10.9 Å². The minimum absolute atomic E-state index is 0.0453. The zero-order chi connectivity index (χ0) is 11.5. The lowest BCUT2D eigenvalue weighted by Crippen LogP contribution is -2.43. The number of oxime groups is 1. The molecule has 1 saturated heterocycles. The van der Waals surface area contributed by atoms with E-state index in [1.54, 1.807) is 0 Å². The number of nitrogens with zero attached hydrogens (tertiary/aromatic N) is 2. The highest BCUT2D eigenvalue weighted by Gasteiger charge is 2.26. The number of hydrogen-bond donors (Lipinski definition) is 2. The van der Waals surface area contributed by atoms with Gasteiger partial charge in [0.1, 0.15) is 0 Å². The number of rotatable bonds is 2. The Balaban J connectivity index is 2.58. The molecule has 1 heterocycles. The van der Waals surface area contributed by atoms with Crippen LogP contribution in [0.1, 0.15) is 40.0 Å². The SMILES string of the molecule is CC(C(N)=NO)N1CCCC(C)(C)CC1. The third kappa shape index (κ3) is 3.38. The molecule has 1 atom stereocenters. The van der Waals surface area contributed by atoms with Gasteiger partial charge in [-0.25, -0.2) is 0 Å². The molecule has 0 aromatic carbocycles. The first kappa shape index (κ1) is 12.3. The predicted octanol–water partition coefficient (Wildman–Crippen LogP) is 1.63. The van der Waals surface area contributed by atoms with Crippen LogP contribution < -0.4 is 5.73 Å². The van der Waals surface area contributed by atoms with E-state index in [-0.39, 0.29) is 6.04 Å². The average molecular weight is 213 g/mol. The van der Waals surface area contributed by atoms with Crippen molar-refractivity contribution >= 4 is 5.84 Å². The van der Waals surface area contributed by atoms with E-state index in [9.17, 15) is 0 Å². The van der Waals surface area contributed by atoms with Gasteiger partial charge in [0.2, 0.25) is 0 Å². The summed E-state index contributed by atoms with van der Waals surface area (Å²) in [5, 5.41) is 11.7. The van der Waals surface area contributed by atoms with Crippen LogP contribution >= 0.6 is 0 Å². The molecule has 88 valence electrons. The summed E-state index contributed by atoms with van der Waals surface area (Å²) in [4.78, 5) is 2.30. The van der Waals surface area contributed by atoms with Crippen molar-refractivity contribution in [2.45, 2.75) is 46.1 Å². The van der Waals surface area contributed by atoms with Crippen LogP contribution in [0.4, 0.5) is 0 Å². The van der Waals surface area contributed by atoms with Gasteiger partial charge in [-0.05, 0) is 44.7 Å². The molecule has 0 aromatic rings. The summed E-state index contributed by atoms with van der Waals surface area (Å²) < 4.78 is 0. The van der Waals surface area contributed by atoms with E-state index in [0.29, 0.717) is 11.3 Å². The van der Waals surface area contributed by atoms with E-state index >= 15 is 0 Å². The van der Waals surface area contributed by atoms with E-state index in [0.717, 1.165) is 13.1 Å². The Morgan fingerprint density at radius 2 is 2.07 bits per heavy atom. The predicted molar refractivity (Wildman–Crippen MR) is 62.1 cm³/mol. The molecule has 15 heavy (non-hydrogen) atoms. The van der Waals surface area contributed by atoms with Crippen molar-refractivity contribution in [3.63, 3.8) is 0 Å². The Morgan fingerprint density at radius 3 is 2.67 bits per heavy atom. The number of nitrogens with two attached hydrogens (primary N) is 1. The van der Waals surface area contributed by atoms with Crippen LogP contribution in [0.15, 0.2) is 5.16 Å². The van der Waals surface area contributed by atoms with Crippen LogP contribution in [0.5, 0.6) is 0 Å². The topological polar surface area (TPSA) is 61.9 Å². The van der Waals surface area contributed by atoms with Crippen molar-refractivity contribution in [1.82, 2.24) is 4.90 Å². The minimum atomic E-state index is 0.0453. The highest BCUT2D eigenvalue weighted by Crippen LogP contribution is 2.30. The molecule has 0 spiro atoms. The van der Waals surface area contributed by atoms with Gasteiger partial charge in [0, 0.05) is 0 Å². The number of hydrogen-bond acceptors (Lipinski definition) is 3. The molecule has 1 unspecified atom stereocenters. The molecule has 0 aromatic heterocycles. The maximum atomic E-state index is 8.65. The molecule has 0 radical (unpaired) electrons. The van der Waals surface area contributed by atoms with Gasteiger partial charge >= 0.3 is 0 Å². The molecular weight excluding hydrogens is 190 g/mol. The maximum Gasteiger partial charge on any atom is 0.156 e. The van der Waals surface area contributed by atoms with Gasteiger partial charge in [-0.1, -0.05) is 19.0 Å². The molecule has 0 saturated carbocycles. The summed E-state index contributed by atoms with van der Waals surface area (Å²) in [7, 11) is 0. The lowest BCUT2D eigenvalue weighted by atomic mass is 9.85. The molecule has 3 N–H and O–H groups in total. The van der Waals surface area contributed by atoms with Gasteiger partial charge in [-0.15, -0.1) is 0 Å². The van der Waals surface area contributed by atoms with E-state index in [1.807, 2.05) is 6.92 Å². The third-order valence-electron chi connectivity index (χ3n) is 3.47. The zero-order valence-electron chi connectivity index (χ0n) is 10.0. The number of likely N-dealkylation sites (tertiary alicyclic amines) is 1. The van der Waals surface area contributed by atoms with Gasteiger partial charge in [0.25, 0.3) is 0 Å². The Hall–Kier alpha value is -0.770. The first-order valence-corrected chi connectivity index (χ1v) is 5.68. The lowest BCUT2D eigenvalue weighted by molar-refractivity contribution is 0.238. The molecule has 4 nitrogen and oxygen atoms in total. The monoisotopic (exact) mass is 213 g/mol. The largest absolute Gasteiger partial charge is 0.409 e. The average Bonchev–Trinajstić information content (AvgIpc) is 2.37. The van der Waals surface area contributed by atoms with Crippen LogP contribution in [0.3, 0.4) is 0 Å². The molecule has 0 aliphatic carbocycles. The summed E-state index contributed by atoms with van der Waals surface area (Å²) in [5.74, 6) is 0.315. The third-order valence-corrected chi connectivity index (χ3v) is 3.47. The Bertz CT molecular complexity index is 238. The summed E-state index contributed by atoms with van der Waals surface area (Å²) in [5.41, 5.74) is 6.05. The normalized spacial score (nSPS) is 25.9. The van der Waals surface area contributed by atoms with Gasteiger partial charge in [0.15, 0.2) is 5.84 Å². The van der Waals surface area contributed by atoms with Crippen LogP contribution in [-0.4, -0.2) is 35.1 Å².